The molecule has 0 aromatic heterocycles. The second-order valence-electron chi connectivity index (χ2n) is 2.33. The molecule has 1 aliphatic rings. The average Bonchev–Trinajstić information content (AvgIpc) is 2.37. The molecule has 0 bridgehead atoms. The van der Waals surface area contributed by atoms with Crippen LogP contribution in [0.3, 0.4) is 0 Å². The van der Waals surface area contributed by atoms with E-state index >= 15 is 0 Å². The van der Waals surface area contributed by atoms with E-state index in [2.05, 4.69) is 21.7 Å². The normalized spacial score (nSPS) is 21.8. The third-order valence-corrected chi connectivity index (χ3v) is 1.23. The summed E-state index contributed by atoms with van der Waals surface area (Å²) in [6, 6.07) is 0.381. The molecule has 0 spiro atoms. The van der Waals surface area contributed by atoms with Crippen molar-refractivity contribution in [1.82, 2.24) is 10.8 Å². The van der Waals surface area contributed by atoms with E-state index in [1.54, 1.807) is 0 Å². The highest BCUT2D eigenvalue weighted by atomic mass is 16.6. The molecule has 1 rings (SSSR count). The lowest BCUT2D eigenvalue weighted by molar-refractivity contribution is 0.112. The van der Waals surface area contributed by atoms with Crippen LogP contribution in [-0.2, 0) is 4.84 Å². The molecule has 0 saturated heterocycles. The molecule has 2 N–H and O–H groups in total. The fourth-order valence-corrected chi connectivity index (χ4v) is 0.761. The molecule has 4 heteroatoms. The quantitative estimate of drug-likeness (QED) is 0.319. The summed E-state index contributed by atoms with van der Waals surface area (Å²) in [4.78, 5) is 8.93. The first-order chi connectivity index (χ1) is 5.33. The minimum atomic E-state index is 0.245. The van der Waals surface area contributed by atoms with Crippen LogP contribution in [0.2, 0.25) is 0 Å². The van der Waals surface area contributed by atoms with Crippen molar-refractivity contribution >= 4 is 5.96 Å². The predicted octanol–water partition coefficient (Wildman–Crippen LogP) is -0.512. The SMILES string of the molecule is C#CCONC1=NCC(C)N1. The van der Waals surface area contributed by atoms with Crippen LogP contribution < -0.4 is 10.8 Å². The summed E-state index contributed by atoms with van der Waals surface area (Å²) < 4.78 is 0. The highest BCUT2D eigenvalue weighted by Gasteiger charge is 2.11. The molecule has 0 fully saturated rings. The lowest BCUT2D eigenvalue weighted by atomic mass is 10.4. The molecule has 0 amide bonds. The minimum Gasteiger partial charge on any atom is -0.350 e. The number of nitrogens with one attached hydrogen (secondary N) is 2. The van der Waals surface area contributed by atoms with Gasteiger partial charge in [-0.15, -0.1) is 6.42 Å². The topological polar surface area (TPSA) is 45.6 Å². The maximum Gasteiger partial charge on any atom is 0.216 e. The van der Waals surface area contributed by atoms with E-state index in [9.17, 15) is 0 Å². The molecule has 1 aliphatic heterocycles. The van der Waals surface area contributed by atoms with Crippen molar-refractivity contribution in [3.05, 3.63) is 0 Å². The molecule has 0 aromatic rings. The number of aliphatic imine (C=N–C) groups is 1. The van der Waals surface area contributed by atoms with Gasteiger partial charge in [0.1, 0.15) is 6.61 Å². The van der Waals surface area contributed by atoms with Gasteiger partial charge in [0, 0.05) is 6.04 Å². The van der Waals surface area contributed by atoms with Crippen LogP contribution in [-0.4, -0.2) is 25.2 Å². The van der Waals surface area contributed by atoms with Crippen LogP contribution >= 0.6 is 0 Å². The average molecular weight is 153 g/mol. The Balaban J connectivity index is 2.14. The Morgan fingerprint density at radius 1 is 2.00 bits per heavy atom. The maximum atomic E-state index is 4.97. The molecule has 1 atom stereocenters. The molecular formula is C7H11N3O. The monoisotopic (exact) mass is 153 g/mol. The third kappa shape index (κ3) is 2.48. The number of hydroxylamine groups is 1. The summed E-state index contributed by atoms with van der Waals surface area (Å²) in [5, 5.41) is 3.06. The summed E-state index contributed by atoms with van der Waals surface area (Å²) in [7, 11) is 0. The molecule has 1 unspecified atom stereocenters. The van der Waals surface area contributed by atoms with E-state index in [0.29, 0.717) is 12.0 Å². The molecule has 11 heavy (non-hydrogen) atoms. The minimum absolute atomic E-state index is 0.245. The van der Waals surface area contributed by atoms with Crippen molar-refractivity contribution < 1.29 is 4.84 Å². The molecule has 1 heterocycles. The summed E-state index contributed by atoms with van der Waals surface area (Å²) in [5.41, 5.74) is 2.61. The Morgan fingerprint density at radius 3 is 3.36 bits per heavy atom. The lowest BCUT2D eigenvalue weighted by Gasteiger charge is -2.06. The van der Waals surface area contributed by atoms with Gasteiger partial charge in [-0.2, -0.15) is 0 Å². The summed E-state index contributed by atoms with van der Waals surface area (Å²) in [6.07, 6.45) is 4.97. The Hall–Kier alpha value is -1.21. The number of guanidine groups is 1. The predicted molar refractivity (Wildman–Crippen MR) is 42.8 cm³/mol. The number of hydrogen-bond donors (Lipinski definition) is 2. The van der Waals surface area contributed by atoms with Gasteiger partial charge >= 0.3 is 0 Å². The lowest BCUT2D eigenvalue weighted by Crippen LogP contribution is -2.37. The third-order valence-electron chi connectivity index (χ3n) is 1.23. The zero-order valence-corrected chi connectivity index (χ0v) is 6.42. The smallest absolute Gasteiger partial charge is 0.216 e. The molecule has 0 aliphatic carbocycles. The van der Waals surface area contributed by atoms with E-state index in [1.807, 2.05) is 6.92 Å². The van der Waals surface area contributed by atoms with Gasteiger partial charge in [-0.25, -0.2) is 10.5 Å². The first kappa shape index (κ1) is 7.89. The number of terminal acetylenes is 1. The zero-order chi connectivity index (χ0) is 8.10. The Bertz CT molecular complexity index is 194. The molecular weight excluding hydrogens is 142 g/mol. The Morgan fingerprint density at radius 2 is 2.82 bits per heavy atom. The fraction of sp³-hybridized carbons (Fsp3) is 0.571. The summed E-state index contributed by atoms with van der Waals surface area (Å²) >= 11 is 0. The number of nitrogens with zero attached hydrogens (tertiary/aromatic N) is 1. The maximum absolute atomic E-state index is 4.97. The van der Waals surface area contributed by atoms with E-state index in [1.165, 1.54) is 0 Å². The summed E-state index contributed by atoms with van der Waals surface area (Å²) in [6.45, 7) is 3.07. The second kappa shape index (κ2) is 3.84. The van der Waals surface area contributed by atoms with E-state index in [4.69, 9.17) is 11.3 Å². The van der Waals surface area contributed by atoms with E-state index in [-0.39, 0.29) is 6.61 Å². The molecule has 0 saturated carbocycles. The first-order valence-electron chi connectivity index (χ1n) is 3.45. The van der Waals surface area contributed by atoms with Crippen molar-refractivity contribution in [3.63, 3.8) is 0 Å². The highest BCUT2D eigenvalue weighted by Crippen LogP contribution is 1.91. The van der Waals surface area contributed by atoms with Gasteiger partial charge in [0.2, 0.25) is 5.96 Å². The van der Waals surface area contributed by atoms with E-state index < -0.39 is 0 Å². The Labute approximate surface area is 66.0 Å². The first-order valence-corrected chi connectivity index (χ1v) is 3.45. The standard InChI is InChI=1S/C7H11N3O/c1-3-4-11-10-7-8-5-6(2)9-7/h1,6H,4-5H2,2H3,(H2,8,9,10). The van der Waals surface area contributed by atoms with Gasteiger partial charge in [-0.05, 0) is 6.92 Å². The second-order valence-corrected chi connectivity index (χ2v) is 2.33. The van der Waals surface area contributed by atoms with Gasteiger partial charge in [0.25, 0.3) is 0 Å². The van der Waals surface area contributed by atoms with Gasteiger partial charge < -0.3 is 5.32 Å². The van der Waals surface area contributed by atoms with Crippen LogP contribution in [0, 0.1) is 12.3 Å². The largest absolute Gasteiger partial charge is 0.350 e. The molecule has 0 radical (unpaired) electrons. The number of rotatable bonds is 2. The van der Waals surface area contributed by atoms with Crippen LogP contribution in [0.5, 0.6) is 0 Å². The fourth-order valence-electron chi connectivity index (χ4n) is 0.761. The van der Waals surface area contributed by atoms with Crippen LogP contribution in [0.4, 0.5) is 0 Å². The number of hydrogen-bond acceptors (Lipinski definition) is 4. The molecule has 60 valence electrons. The van der Waals surface area contributed by atoms with Crippen LogP contribution in [0.25, 0.3) is 0 Å². The van der Waals surface area contributed by atoms with Gasteiger partial charge in [0.05, 0.1) is 6.54 Å². The highest BCUT2D eigenvalue weighted by molar-refractivity contribution is 5.80. The van der Waals surface area contributed by atoms with Crippen molar-refractivity contribution in [1.29, 1.82) is 0 Å². The Kier molecular flexibility index (Phi) is 2.75. The van der Waals surface area contributed by atoms with Crippen molar-refractivity contribution in [2.24, 2.45) is 4.99 Å². The van der Waals surface area contributed by atoms with Crippen molar-refractivity contribution in [2.45, 2.75) is 13.0 Å². The van der Waals surface area contributed by atoms with Crippen molar-refractivity contribution in [2.75, 3.05) is 13.2 Å². The summed E-state index contributed by atoms with van der Waals surface area (Å²) in [5.74, 6) is 3.00. The van der Waals surface area contributed by atoms with Gasteiger partial charge in [-0.1, -0.05) is 5.92 Å². The van der Waals surface area contributed by atoms with Crippen LogP contribution in [0.15, 0.2) is 4.99 Å². The zero-order valence-electron chi connectivity index (χ0n) is 6.42. The van der Waals surface area contributed by atoms with Crippen LogP contribution in [0.1, 0.15) is 6.92 Å². The molecule has 0 aromatic carbocycles. The molecule has 4 nitrogen and oxygen atoms in total. The van der Waals surface area contributed by atoms with Crippen molar-refractivity contribution in [3.8, 4) is 12.3 Å². The van der Waals surface area contributed by atoms with Gasteiger partial charge in [-0.3, -0.25) is 4.84 Å². The van der Waals surface area contributed by atoms with E-state index in [0.717, 1.165) is 6.54 Å². The van der Waals surface area contributed by atoms with Gasteiger partial charge in [0.15, 0.2) is 0 Å².